The van der Waals surface area contributed by atoms with Crippen molar-refractivity contribution < 1.29 is 0 Å². The van der Waals surface area contributed by atoms with Crippen molar-refractivity contribution in [3.63, 3.8) is 0 Å². The maximum absolute atomic E-state index is 6.11. The molecule has 0 fully saturated rings. The van der Waals surface area contributed by atoms with E-state index in [4.69, 9.17) is 34.8 Å². The second-order valence-corrected chi connectivity index (χ2v) is 5.30. The number of nitrogens with one attached hydrogen (secondary N) is 1. The maximum atomic E-state index is 6.11. The quantitative estimate of drug-likeness (QED) is 0.654. The van der Waals surface area contributed by atoms with Gasteiger partial charge in [-0.2, -0.15) is 0 Å². The molecule has 2 aromatic rings. The van der Waals surface area contributed by atoms with E-state index in [2.05, 4.69) is 10.3 Å². The fourth-order valence-electron chi connectivity index (χ4n) is 1.70. The first-order valence-corrected chi connectivity index (χ1v) is 7.04. The molecule has 0 aliphatic carbocycles. The minimum Gasteiger partial charge on any atom is -0.312 e. The highest BCUT2D eigenvalue weighted by atomic mass is 35.5. The Labute approximate surface area is 127 Å². The molecule has 0 saturated carbocycles. The highest BCUT2D eigenvalue weighted by Crippen LogP contribution is 2.25. The number of aromatic nitrogens is 1. The Kier molecular flexibility index (Phi) is 5.46. The predicted octanol–water partition coefficient (Wildman–Crippen LogP) is 4.37. The zero-order valence-corrected chi connectivity index (χ0v) is 12.4. The van der Waals surface area contributed by atoms with E-state index in [1.807, 2.05) is 18.2 Å². The van der Waals surface area contributed by atoms with Gasteiger partial charge in [0, 0.05) is 12.7 Å². The van der Waals surface area contributed by atoms with Crippen LogP contribution in [0.15, 0.2) is 36.5 Å². The van der Waals surface area contributed by atoms with Crippen LogP contribution in [0.25, 0.3) is 0 Å². The minimum absolute atomic E-state index is 0.516. The van der Waals surface area contributed by atoms with E-state index in [1.54, 1.807) is 18.3 Å². The van der Waals surface area contributed by atoms with Crippen LogP contribution in [0.2, 0.25) is 15.2 Å². The topological polar surface area (TPSA) is 24.9 Å². The molecule has 1 aromatic carbocycles. The number of hydrogen-bond acceptors (Lipinski definition) is 2. The van der Waals surface area contributed by atoms with Gasteiger partial charge in [0.2, 0.25) is 0 Å². The molecule has 0 unspecified atom stereocenters. The molecule has 0 amide bonds. The normalized spacial score (nSPS) is 10.7. The SMILES string of the molecule is Clc1ccc(CCNCc2cccc(Cl)c2Cl)cn1. The molecule has 19 heavy (non-hydrogen) atoms. The van der Waals surface area contributed by atoms with E-state index in [1.165, 1.54) is 0 Å². The summed E-state index contributed by atoms with van der Waals surface area (Å²) in [5.74, 6) is 0. The fraction of sp³-hybridized carbons (Fsp3) is 0.214. The Morgan fingerprint density at radius 3 is 2.63 bits per heavy atom. The third-order valence-corrected chi connectivity index (χ3v) is 3.81. The second-order valence-electron chi connectivity index (χ2n) is 4.13. The van der Waals surface area contributed by atoms with Crippen molar-refractivity contribution in [3.8, 4) is 0 Å². The number of pyridine rings is 1. The Balaban J connectivity index is 1.81. The summed E-state index contributed by atoms with van der Waals surface area (Å²) < 4.78 is 0. The molecular formula is C14H13Cl3N2. The van der Waals surface area contributed by atoms with E-state index in [0.717, 1.165) is 24.1 Å². The van der Waals surface area contributed by atoms with Gasteiger partial charge in [0.1, 0.15) is 5.15 Å². The molecule has 5 heteroatoms. The fourth-order valence-corrected chi connectivity index (χ4v) is 2.19. The first kappa shape index (κ1) is 14.6. The van der Waals surface area contributed by atoms with Gasteiger partial charge >= 0.3 is 0 Å². The molecule has 0 saturated heterocycles. The van der Waals surface area contributed by atoms with E-state index in [0.29, 0.717) is 21.7 Å². The number of nitrogens with zero attached hydrogens (tertiary/aromatic N) is 1. The van der Waals surface area contributed by atoms with Gasteiger partial charge in [-0.15, -0.1) is 0 Å². The van der Waals surface area contributed by atoms with Crippen molar-refractivity contribution in [2.75, 3.05) is 6.54 Å². The summed E-state index contributed by atoms with van der Waals surface area (Å²) in [6, 6.07) is 9.42. The largest absolute Gasteiger partial charge is 0.312 e. The lowest BCUT2D eigenvalue weighted by atomic mass is 10.2. The Morgan fingerprint density at radius 2 is 1.89 bits per heavy atom. The van der Waals surface area contributed by atoms with Gasteiger partial charge in [-0.3, -0.25) is 0 Å². The van der Waals surface area contributed by atoms with Gasteiger partial charge in [-0.05, 0) is 36.2 Å². The lowest BCUT2D eigenvalue weighted by Gasteiger charge is -2.07. The van der Waals surface area contributed by atoms with Gasteiger partial charge in [0.15, 0.2) is 0 Å². The average Bonchev–Trinajstić information content (AvgIpc) is 2.41. The third kappa shape index (κ3) is 4.36. The standard InChI is InChI=1S/C14H13Cl3N2/c15-12-3-1-2-11(14(12)17)9-18-7-6-10-4-5-13(16)19-8-10/h1-5,8,18H,6-7,9H2. The number of benzene rings is 1. The van der Waals surface area contributed by atoms with Gasteiger partial charge in [0.05, 0.1) is 10.0 Å². The summed E-state index contributed by atoms with van der Waals surface area (Å²) in [6.07, 6.45) is 2.68. The molecule has 1 heterocycles. The Bertz CT molecular complexity index is 541. The van der Waals surface area contributed by atoms with E-state index in [9.17, 15) is 0 Å². The predicted molar refractivity (Wildman–Crippen MR) is 81.1 cm³/mol. The molecule has 0 radical (unpaired) electrons. The van der Waals surface area contributed by atoms with Crippen molar-refractivity contribution in [3.05, 3.63) is 62.9 Å². The van der Waals surface area contributed by atoms with Crippen molar-refractivity contribution in [1.29, 1.82) is 0 Å². The van der Waals surface area contributed by atoms with Crippen LogP contribution in [0.5, 0.6) is 0 Å². The summed E-state index contributed by atoms with van der Waals surface area (Å²) in [5, 5.41) is 5.05. The highest BCUT2D eigenvalue weighted by molar-refractivity contribution is 6.42. The lowest BCUT2D eigenvalue weighted by molar-refractivity contribution is 0.686. The minimum atomic E-state index is 0.516. The first-order valence-electron chi connectivity index (χ1n) is 5.91. The van der Waals surface area contributed by atoms with Gasteiger partial charge < -0.3 is 5.32 Å². The number of halogens is 3. The van der Waals surface area contributed by atoms with Crippen molar-refractivity contribution in [2.24, 2.45) is 0 Å². The monoisotopic (exact) mass is 314 g/mol. The van der Waals surface area contributed by atoms with E-state index in [-0.39, 0.29) is 0 Å². The van der Waals surface area contributed by atoms with Gasteiger partial charge in [-0.25, -0.2) is 4.98 Å². The molecule has 0 aliphatic heterocycles. The molecule has 1 N–H and O–H groups in total. The van der Waals surface area contributed by atoms with Gasteiger partial charge in [0.25, 0.3) is 0 Å². The second kappa shape index (κ2) is 7.11. The van der Waals surface area contributed by atoms with Crippen LogP contribution >= 0.6 is 34.8 Å². The third-order valence-electron chi connectivity index (χ3n) is 2.73. The zero-order valence-electron chi connectivity index (χ0n) is 10.2. The van der Waals surface area contributed by atoms with Crippen LogP contribution < -0.4 is 5.32 Å². The van der Waals surface area contributed by atoms with E-state index >= 15 is 0 Å². The Morgan fingerprint density at radius 1 is 1.05 bits per heavy atom. The van der Waals surface area contributed by atoms with Crippen molar-refractivity contribution in [1.82, 2.24) is 10.3 Å². The van der Waals surface area contributed by atoms with Crippen molar-refractivity contribution >= 4 is 34.8 Å². The van der Waals surface area contributed by atoms with Crippen LogP contribution in [0, 0.1) is 0 Å². The molecule has 0 spiro atoms. The summed E-state index contributed by atoms with van der Waals surface area (Å²) >= 11 is 17.8. The van der Waals surface area contributed by atoms with Gasteiger partial charge in [-0.1, -0.05) is 53.0 Å². The molecule has 2 rings (SSSR count). The zero-order chi connectivity index (χ0) is 13.7. The molecule has 1 aromatic heterocycles. The molecule has 100 valence electrons. The molecule has 2 nitrogen and oxygen atoms in total. The summed E-state index contributed by atoms with van der Waals surface area (Å²) in [5.41, 5.74) is 2.15. The molecule has 0 bridgehead atoms. The highest BCUT2D eigenvalue weighted by Gasteiger charge is 2.03. The summed E-state index contributed by atoms with van der Waals surface area (Å²) in [4.78, 5) is 4.04. The Hall–Kier alpha value is -0.800. The molecule has 0 aliphatic rings. The van der Waals surface area contributed by atoms with E-state index < -0.39 is 0 Å². The van der Waals surface area contributed by atoms with Crippen LogP contribution in [0.4, 0.5) is 0 Å². The van der Waals surface area contributed by atoms with Crippen LogP contribution in [-0.4, -0.2) is 11.5 Å². The lowest BCUT2D eigenvalue weighted by Crippen LogP contribution is -2.17. The smallest absolute Gasteiger partial charge is 0.129 e. The first-order chi connectivity index (χ1) is 9.16. The van der Waals surface area contributed by atoms with Crippen LogP contribution in [0.3, 0.4) is 0 Å². The average molecular weight is 316 g/mol. The number of hydrogen-bond donors (Lipinski definition) is 1. The number of rotatable bonds is 5. The maximum Gasteiger partial charge on any atom is 0.129 e. The molecule has 0 atom stereocenters. The summed E-state index contributed by atoms with van der Waals surface area (Å²) in [7, 11) is 0. The van der Waals surface area contributed by atoms with Crippen molar-refractivity contribution in [2.45, 2.75) is 13.0 Å². The van der Waals surface area contributed by atoms with Crippen LogP contribution in [0.1, 0.15) is 11.1 Å². The summed E-state index contributed by atoms with van der Waals surface area (Å²) in [6.45, 7) is 1.53. The van der Waals surface area contributed by atoms with Crippen LogP contribution in [-0.2, 0) is 13.0 Å². The molecular weight excluding hydrogens is 303 g/mol.